The third-order valence-electron chi connectivity index (χ3n) is 4.67. The predicted molar refractivity (Wildman–Crippen MR) is 127 cm³/mol. The van der Waals surface area contributed by atoms with Crippen LogP contribution in [-0.4, -0.2) is 19.3 Å². The van der Waals surface area contributed by atoms with Gasteiger partial charge >= 0.3 is 0 Å². The number of rotatable bonds is 7. The first-order valence-corrected chi connectivity index (χ1v) is 11.6. The minimum Gasteiger partial charge on any atom is -0.457 e. The highest BCUT2D eigenvalue weighted by Crippen LogP contribution is 2.23. The molecule has 0 saturated heterocycles. The lowest BCUT2D eigenvalue weighted by atomic mass is 10.2. The van der Waals surface area contributed by atoms with Crippen molar-refractivity contribution < 1.29 is 17.9 Å². The maximum atomic E-state index is 12.8. The Bertz CT molecular complexity index is 1370. The summed E-state index contributed by atoms with van der Waals surface area (Å²) in [5.74, 6) is 0.832. The van der Waals surface area contributed by atoms with Crippen molar-refractivity contribution in [2.45, 2.75) is 11.8 Å². The number of benzene rings is 3. The zero-order chi connectivity index (χ0) is 23.3. The zero-order valence-corrected chi connectivity index (χ0v) is 18.5. The maximum Gasteiger partial charge on any atom is 0.261 e. The van der Waals surface area contributed by atoms with E-state index in [4.69, 9.17) is 4.74 Å². The van der Waals surface area contributed by atoms with Crippen LogP contribution in [-0.2, 0) is 10.0 Å². The summed E-state index contributed by atoms with van der Waals surface area (Å²) in [4.78, 5) is 16.6. The number of sulfonamides is 1. The largest absolute Gasteiger partial charge is 0.457 e. The fourth-order valence-corrected chi connectivity index (χ4v) is 4.17. The molecule has 0 aliphatic carbocycles. The second-order valence-electron chi connectivity index (χ2n) is 7.27. The quantitative estimate of drug-likeness (QED) is 0.394. The fourth-order valence-electron chi connectivity index (χ4n) is 3.08. The Morgan fingerprint density at radius 3 is 2.24 bits per heavy atom. The highest BCUT2D eigenvalue weighted by atomic mass is 32.2. The summed E-state index contributed by atoms with van der Waals surface area (Å²) < 4.78 is 33.8. The van der Waals surface area contributed by atoms with Crippen LogP contribution < -0.4 is 14.8 Å². The van der Waals surface area contributed by atoms with Crippen molar-refractivity contribution in [2.24, 2.45) is 0 Å². The van der Waals surface area contributed by atoms with Gasteiger partial charge in [-0.05, 0) is 79.2 Å². The van der Waals surface area contributed by atoms with Crippen LogP contribution in [0.1, 0.15) is 15.9 Å². The van der Waals surface area contributed by atoms with Crippen molar-refractivity contribution in [3.63, 3.8) is 0 Å². The molecule has 4 aromatic rings. The van der Waals surface area contributed by atoms with Gasteiger partial charge in [0.05, 0.1) is 4.90 Å². The van der Waals surface area contributed by atoms with Crippen LogP contribution >= 0.6 is 0 Å². The summed E-state index contributed by atoms with van der Waals surface area (Å²) >= 11 is 0. The maximum absolute atomic E-state index is 12.8. The molecule has 7 nitrogen and oxygen atoms in total. The van der Waals surface area contributed by atoms with E-state index in [1.54, 1.807) is 73.1 Å². The molecule has 0 atom stereocenters. The molecular weight excluding hydrogens is 438 g/mol. The molecule has 0 radical (unpaired) electrons. The van der Waals surface area contributed by atoms with E-state index < -0.39 is 15.9 Å². The predicted octanol–water partition coefficient (Wildman–Crippen LogP) is 5.24. The average Bonchev–Trinajstić information content (AvgIpc) is 2.81. The number of hydrogen-bond acceptors (Lipinski definition) is 5. The van der Waals surface area contributed by atoms with Crippen LogP contribution in [0.2, 0.25) is 0 Å². The summed E-state index contributed by atoms with van der Waals surface area (Å²) in [7, 11) is -3.85. The summed E-state index contributed by atoms with van der Waals surface area (Å²) in [6, 6.07) is 23.3. The van der Waals surface area contributed by atoms with Crippen LogP contribution in [0.15, 0.2) is 102 Å². The number of aryl methyl sites for hydroxylation is 1. The van der Waals surface area contributed by atoms with Gasteiger partial charge in [0.2, 0.25) is 0 Å². The molecule has 1 amide bonds. The molecule has 4 rings (SSSR count). The van der Waals surface area contributed by atoms with Gasteiger partial charge in [-0.2, -0.15) is 0 Å². The van der Waals surface area contributed by atoms with Gasteiger partial charge in [-0.25, -0.2) is 8.42 Å². The average molecular weight is 460 g/mol. The van der Waals surface area contributed by atoms with E-state index in [-0.39, 0.29) is 10.5 Å². The Morgan fingerprint density at radius 1 is 0.818 bits per heavy atom. The van der Waals surface area contributed by atoms with Gasteiger partial charge in [-0.1, -0.05) is 18.2 Å². The van der Waals surface area contributed by atoms with Gasteiger partial charge in [0.1, 0.15) is 11.5 Å². The minimum absolute atomic E-state index is 0.00208. The van der Waals surface area contributed by atoms with Crippen LogP contribution in [0.5, 0.6) is 11.5 Å². The topological polar surface area (TPSA) is 97.4 Å². The number of aromatic nitrogens is 1. The standard InChI is InChI=1S/C25H21N3O4S/c1-18-4-2-6-21(16-18)28-33(30,31)24-7-3-5-19(17-24)25(29)27-20-8-10-22(11-9-20)32-23-12-14-26-15-13-23/h2-17,28H,1H3,(H,27,29). The first-order valence-electron chi connectivity index (χ1n) is 10.1. The Labute approximate surface area is 192 Å². The van der Waals surface area contributed by atoms with Crippen LogP contribution in [0, 0.1) is 6.92 Å². The molecular formula is C25H21N3O4S. The molecule has 0 aliphatic rings. The van der Waals surface area contributed by atoms with E-state index in [0.29, 0.717) is 22.9 Å². The second kappa shape index (κ2) is 9.54. The highest BCUT2D eigenvalue weighted by molar-refractivity contribution is 7.92. The third-order valence-corrected chi connectivity index (χ3v) is 6.05. The van der Waals surface area contributed by atoms with Crippen molar-refractivity contribution in [1.82, 2.24) is 4.98 Å². The molecule has 8 heteroatoms. The first kappa shape index (κ1) is 22.0. The molecule has 0 aliphatic heterocycles. The second-order valence-corrected chi connectivity index (χ2v) is 8.95. The van der Waals surface area contributed by atoms with Gasteiger partial charge in [0.25, 0.3) is 15.9 Å². The lowest BCUT2D eigenvalue weighted by Crippen LogP contribution is -2.16. The summed E-state index contributed by atoms with van der Waals surface area (Å²) in [6.45, 7) is 1.88. The van der Waals surface area contributed by atoms with Crippen molar-refractivity contribution in [3.05, 3.63) is 108 Å². The van der Waals surface area contributed by atoms with Crippen molar-refractivity contribution >= 4 is 27.3 Å². The zero-order valence-electron chi connectivity index (χ0n) is 17.7. The summed E-state index contributed by atoms with van der Waals surface area (Å²) in [5.41, 5.74) is 2.16. The van der Waals surface area contributed by atoms with E-state index in [9.17, 15) is 13.2 Å². The van der Waals surface area contributed by atoms with Crippen molar-refractivity contribution in [1.29, 1.82) is 0 Å². The third kappa shape index (κ3) is 5.75. The molecule has 0 bridgehead atoms. The van der Waals surface area contributed by atoms with Gasteiger partial charge in [0.15, 0.2) is 0 Å². The number of ether oxygens (including phenoxy) is 1. The SMILES string of the molecule is Cc1cccc(NS(=O)(=O)c2cccc(C(=O)Nc3ccc(Oc4ccncc4)cc3)c2)c1. The summed E-state index contributed by atoms with van der Waals surface area (Å²) in [5, 5.41) is 2.77. The molecule has 0 spiro atoms. The van der Waals surface area contributed by atoms with Crippen LogP contribution in [0.3, 0.4) is 0 Å². The van der Waals surface area contributed by atoms with Crippen LogP contribution in [0.4, 0.5) is 11.4 Å². The molecule has 3 aromatic carbocycles. The molecule has 0 saturated carbocycles. The number of hydrogen-bond donors (Lipinski definition) is 2. The fraction of sp³-hybridized carbons (Fsp3) is 0.0400. The number of pyridine rings is 1. The molecule has 166 valence electrons. The number of amides is 1. The number of carbonyl (C=O) groups is 1. The van der Waals surface area contributed by atoms with Crippen molar-refractivity contribution in [2.75, 3.05) is 10.0 Å². The summed E-state index contributed by atoms with van der Waals surface area (Å²) in [6.07, 6.45) is 3.27. The monoisotopic (exact) mass is 459 g/mol. The van der Waals surface area contributed by atoms with Gasteiger partial charge in [0, 0.05) is 29.3 Å². The molecule has 0 fully saturated rings. The van der Waals surface area contributed by atoms with E-state index >= 15 is 0 Å². The molecule has 0 unspecified atom stereocenters. The molecule has 33 heavy (non-hydrogen) atoms. The van der Waals surface area contributed by atoms with Gasteiger partial charge in [-0.3, -0.25) is 14.5 Å². The van der Waals surface area contributed by atoms with Crippen LogP contribution in [0.25, 0.3) is 0 Å². The Hall–Kier alpha value is -4.17. The molecule has 2 N–H and O–H groups in total. The number of nitrogens with one attached hydrogen (secondary N) is 2. The van der Waals surface area contributed by atoms with Gasteiger partial charge < -0.3 is 10.1 Å². The van der Waals surface area contributed by atoms with Crippen molar-refractivity contribution in [3.8, 4) is 11.5 Å². The lowest BCUT2D eigenvalue weighted by molar-refractivity contribution is 0.102. The minimum atomic E-state index is -3.85. The highest BCUT2D eigenvalue weighted by Gasteiger charge is 2.17. The van der Waals surface area contributed by atoms with E-state index in [2.05, 4.69) is 15.0 Å². The van der Waals surface area contributed by atoms with E-state index in [1.165, 1.54) is 18.2 Å². The number of carbonyl (C=O) groups excluding carboxylic acids is 1. The Morgan fingerprint density at radius 2 is 1.52 bits per heavy atom. The Balaban J connectivity index is 1.45. The van der Waals surface area contributed by atoms with Gasteiger partial charge in [-0.15, -0.1) is 0 Å². The molecule has 1 aromatic heterocycles. The number of nitrogens with zero attached hydrogens (tertiary/aromatic N) is 1. The first-order chi connectivity index (χ1) is 15.9. The lowest BCUT2D eigenvalue weighted by Gasteiger charge is -2.11. The normalized spacial score (nSPS) is 10.9. The van der Waals surface area contributed by atoms with E-state index in [0.717, 1.165) is 5.56 Å². The smallest absolute Gasteiger partial charge is 0.261 e. The van der Waals surface area contributed by atoms with E-state index in [1.807, 2.05) is 13.0 Å². The Kier molecular flexibility index (Phi) is 6.37. The molecule has 1 heterocycles. The number of anilines is 2.